The van der Waals surface area contributed by atoms with E-state index in [0.29, 0.717) is 5.69 Å². The fourth-order valence-electron chi connectivity index (χ4n) is 2.15. The maximum Gasteiger partial charge on any atom is 0.343 e. The molecule has 0 fully saturated rings. The molecule has 120 valence electrons. The molecule has 0 N–H and O–H groups in total. The van der Waals surface area contributed by atoms with Gasteiger partial charge < -0.3 is 4.74 Å². The van der Waals surface area contributed by atoms with Crippen LogP contribution in [0, 0.1) is 13.8 Å². The van der Waals surface area contributed by atoms with Gasteiger partial charge in [0.1, 0.15) is 11.3 Å². The van der Waals surface area contributed by atoms with Crippen LogP contribution in [0.15, 0.2) is 29.1 Å². The van der Waals surface area contributed by atoms with Gasteiger partial charge in [-0.25, -0.2) is 4.79 Å². The summed E-state index contributed by atoms with van der Waals surface area (Å²) in [5.74, 6) is -1.10. The highest BCUT2D eigenvalue weighted by Gasteiger charge is 2.20. The van der Waals surface area contributed by atoms with Crippen molar-refractivity contribution >= 4 is 11.8 Å². The van der Waals surface area contributed by atoms with Crippen LogP contribution in [0.5, 0.6) is 0 Å². The number of benzene rings is 1. The highest BCUT2D eigenvalue weighted by atomic mass is 16.5. The Kier molecular flexibility index (Phi) is 4.74. The first-order valence-corrected chi connectivity index (χ1v) is 7.25. The van der Waals surface area contributed by atoms with Crippen molar-refractivity contribution in [2.24, 2.45) is 0 Å². The van der Waals surface area contributed by atoms with Crippen molar-refractivity contribution in [2.45, 2.75) is 27.7 Å². The zero-order valence-electron chi connectivity index (χ0n) is 13.5. The number of nitrogens with zero attached hydrogens (tertiary/aromatic N) is 2. The topological polar surface area (TPSA) is 78.3 Å². The minimum absolute atomic E-state index is 0.0357. The van der Waals surface area contributed by atoms with Gasteiger partial charge in [0, 0.05) is 6.92 Å². The second kappa shape index (κ2) is 6.56. The first-order valence-electron chi connectivity index (χ1n) is 7.25. The summed E-state index contributed by atoms with van der Waals surface area (Å²) < 4.78 is 5.99. The predicted molar refractivity (Wildman–Crippen MR) is 85.3 cm³/mol. The Morgan fingerprint density at radius 2 is 1.96 bits per heavy atom. The number of ether oxygens (including phenoxy) is 1. The Morgan fingerprint density at radius 1 is 1.26 bits per heavy atom. The predicted octanol–water partition coefficient (Wildman–Crippen LogP) is 2.23. The number of aromatic nitrogens is 2. The van der Waals surface area contributed by atoms with E-state index >= 15 is 0 Å². The lowest BCUT2D eigenvalue weighted by Crippen LogP contribution is -2.30. The second-order valence-electron chi connectivity index (χ2n) is 5.16. The number of hydrogen-bond acceptors (Lipinski definition) is 5. The van der Waals surface area contributed by atoms with E-state index in [9.17, 15) is 14.4 Å². The quantitative estimate of drug-likeness (QED) is 0.639. The molecule has 0 radical (unpaired) electrons. The third kappa shape index (κ3) is 3.21. The van der Waals surface area contributed by atoms with Gasteiger partial charge in [-0.1, -0.05) is 12.1 Å². The lowest BCUT2D eigenvalue weighted by Gasteiger charge is -2.12. The van der Waals surface area contributed by atoms with Gasteiger partial charge in [-0.3, -0.25) is 9.59 Å². The van der Waals surface area contributed by atoms with E-state index in [1.807, 2.05) is 19.9 Å². The van der Waals surface area contributed by atoms with E-state index < -0.39 is 11.5 Å². The number of aryl methyl sites for hydroxylation is 1. The summed E-state index contributed by atoms with van der Waals surface area (Å²) >= 11 is 0. The summed E-state index contributed by atoms with van der Waals surface area (Å²) in [6.45, 7) is 6.87. The van der Waals surface area contributed by atoms with E-state index in [1.165, 1.54) is 13.0 Å². The van der Waals surface area contributed by atoms with Gasteiger partial charge in [-0.15, -0.1) is 0 Å². The molecule has 0 aliphatic carbocycles. The molecule has 0 bridgehead atoms. The van der Waals surface area contributed by atoms with Gasteiger partial charge in [-0.2, -0.15) is 9.78 Å². The molecule has 6 heteroatoms. The van der Waals surface area contributed by atoms with Crippen LogP contribution < -0.4 is 5.56 Å². The van der Waals surface area contributed by atoms with Gasteiger partial charge in [0.2, 0.25) is 0 Å². The molecule has 2 aromatic rings. The average Bonchev–Trinajstić information content (AvgIpc) is 2.50. The second-order valence-corrected chi connectivity index (χ2v) is 5.16. The van der Waals surface area contributed by atoms with Crippen LogP contribution in [0.25, 0.3) is 5.69 Å². The number of hydrogen-bond donors (Lipinski definition) is 0. The van der Waals surface area contributed by atoms with Crippen LogP contribution >= 0.6 is 0 Å². The Bertz CT molecular complexity index is 837. The Labute approximate surface area is 133 Å². The van der Waals surface area contributed by atoms with Crippen molar-refractivity contribution in [1.82, 2.24) is 9.78 Å². The molecule has 0 saturated heterocycles. The van der Waals surface area contributed by atoms with Crippen LogP contribution in [-0.4, -0.2) is 28.1 Å². The normalized spacial score (nSPS) is 10.4. The summed E-state index contributed by atoms with van der Waals surface area (Å²) in [6.07, 6.45) is 0. The fraction of sp³-hybridized carbons (Fsp3) is 0.294. The minimum Gasteiger partial charge on any atom is -0.462 e. The summed E-state index contributed by atoms with van der Waals surface area (Å²) in [4.78, 5) is 36.3. The monoisotopic (exact) mass is 314 g/mol. The lowest BCUT2D eigenvalue weighted by atomic mass is 10.1. The van der Waals surface area contributed by atoms with Crippen LogP contribution in [0.4, 0.5) is 0 Å². The number of carbonyl (C=O) groups excluding carboxylic acids is 2. The van der Waals surface area contributed by atoms with Gasteiger partial charge in [-0.05, 0) is 44.0 Å². The van der Waals surface area contributed by atoms with Gasteiger partial charge in [0.15, 0.2) is 5.78 Å². The van der Waals surface area contributed by atoms with Crippen LogP contribution in [0.2, 0.25) is 0 Å². The molecule has 23 heavy (non-hydrogen) atoms. The number of carbonyl (C=O) groups is 2. The summed E-state index contributed by atoms with van der Waals surface area (Å²) in [7, 11) is 0. The zero-order valence-corrected chi connectivity index (χ0v) is 13.5. The molecule has 0 spiro atoms. The average molecular weight is 314 g/mol. The molecular weight excluding hydrogens is 296 g/mol. The largest absolute Gasteiger partial charge is 0.462 e. The SMILES string of the molecule is CCOC(=O)c1cc(C(C)=O)nn(-c2cccc(C)c2C)c1=O. The van der Waals surface area contributed by atoms with Crippen molar-refractivity contribution in [2.75, 3.05) is 6.61 Å². The molecule has 1 aromatic heterocycles. The van der Waals surface area contributed by atoms with Crippen molar-refractivity contribution < 1.29 is 14.3 Å². The van der Waals surface area contributed by atoms with E-state index in [0.717, 1.165) is 15.8 Å². The van der Waals surface area contributed by atoms with Gasteiger partial charge in [0.25, 0.3) is 5.56 Å². The van der Waals surface area contributed by atoms with Crippen molar-refractivity contribution in [3.8, 4) is 5.69 Å². The van der Waals surface area contributed by atoms with Crippen LogP contribution in [0.3, 0.4) is 0 Å². The third-order valence-corrected chi connectivity index (χ3v) is 3.57. The molecule has 0 aliphatic rings. The van der Waals surface area contributed by atoms with Crippen molar-refractivity contribution in [3.63, 3.8) is 0 Å². The number of Topliss-reactive ketones (excluding diaryl/α,β-unsaturated/α-hetero) is 1. The van der Waals surface area contributed by atoms with E-state index in [4.69, 9.17) is 4.74 Å². The molecule has 0 aliphatic heterocycles. The molecule has 1 heterocycles. The molecule has 0 unspecified atom stereocenters. The number of ketones is 1. The first-order chi connectivity index (χ1) is 10.9. The minimum atomic E-state index is -0.763. The maximum atomic E-state index is 12.6. The van der Waals surface area contributed by atoms with Crippen LogP contribution in [0.1, 0.15) is 45.8 Å². The molecule has 0 amide bonds. The van der Waals surface area contributed by atoms with Crippen molar-refractivity contribution in [1.29, 1.82) is 0 Å². The van der Waals surface area contributed by atoms with E-state index in [2.05, 4.69) is 5.10 Å². The molecular formula is C17H18N2O4. The Balaban J connectivity index is 2.77. The molecule has 6 nitrogen and oxygen atoms in total. The number of esters is 1. The number of rotatable bonds is 4. The van der Waals surface area contributed by atoms with Gasteiger partial charge in [0.05, 0.1) is 12.3 Å². The standard InChI is InChI=1S/C17H18N2O4/c1-5-23-17(22)13-9-14(12(4)20)18-19(16(13)21)15-8-6-7-10(2)11(15)3/h6-9H,5H2,1-4H3. The summed E-state index contributed by atoms with van der Waals surface area (Å²) in [5.41, 5.74) is 1.58. The summed E-state index contributed by atoms with van der Waals surface area (Å²) in [6, 6.07) is 6.60. The smallest absolute Gasteiger partial charge is 0.343 e. The zero-order chi connectivity index (χ0) is 17.1. The Hall–Kier alpha value is -2.76. The highest BCUT2D eigenvalue weighted by molar-refractivity contribution is 5.96. The van der Waals surface area contributed by atoms with E-state index in [-0.39, 0.29) is 23.6 Å². The van der Waals surface area contributed by atoms with Crippen LogP contribution in [-0.2, 0) is 4.74 Å². The lowest BCUT2D eigenvalue weighted by molar-refractivity contribution is 0.0523. The maximum absolute atomic E-state index is 12.6. The van der Waals surface area contributed by atoms with Gasteiger partial charge >= 0.3 is 5.97 Å². The third-order valence-electron chi connectivity index (χ3n) is 3.57. The molecule has 1 aromatic carbocycles. The first kappa shape index (κ1) is 16.6. The Morgan fingerprint density at radius 3 is 2.57 bits per heavy atom. The van der Waals surface area contributed by atoms with Crippen molar-refractivity contribution in [3.05, 3.63) is 57.0 Å². The molecule has 2 rings (SSSR count). The fourth-order valence-corrected chi connectivity index (χ4v) is 2.15. The van der Waals surface area contributed by atoms with E-state index in [1.54, 1.807) is 19.1 Å². The molecule has 0 atom stereocenters. The summed E-state index contributed by atoms with van der Waals surface area (Å²) in [5, 5.41) is 4.09. The highest BCUT2D eigenvalue weighted by Crippen LogP contribution is 2.16. The molecule has 0 saturated carbocycles.